The molecule has 0 atom stereocenters. The predicted octanol–water partition coefficient (Wildman–Crippen LogP) is 1.98. The quantitative estimate of drug-likeness (QED) is 0.748. The molecule has 1 aliphatic rings. The average Bonchev–Trinajstić information content (AvgIpc) is 3.20. The van der Waals surface area contributed by atoms with Crippen LogP contribution in [0.25, 0.3) is 5.00 Å². The van der Waals surface area contributed by atoms with Crippen LogP contribution in [0.1, 0.15) is 51.8 Å². The number of nitrogens with zero attached hydrogens (tertiary/aromatic N) is 6. The maximum absolute atomic E-state index is 12.7. The van der Waals surface area contributed by atoms with Crippen molar-refractivity contribution in [1.82, 2.24) is 35.4 Å². The topological polar surface area (TPSA) is 114 Å². The van der Waals surface area contributed by atoms with E-state index in [1.54, 1.807) is 0 Å². The van der Waals surface area contributed by atoms with Gasteiger partial charge in [-0.1, -0.05) is 6.42 Å². The maximum atomic E-state index is 12.7. The van der Waals surface area contributed by atoms with Crippen LogP contribution in [-0.2, 0) is 0 Å². The summed E-state index contributed by atoms with van der Waals surface area (Å²) in [5.74, 6) is 1.31. The number of hydrogen-bond donors (Lipinski definition) is 2. The van der Waals surface area contributed by atoms with Crippen LogP contribution in [0.5, 0.6) is 0 Å². The number of aromatic amines is 1. The summed E-state index contributed by atoms with van der Waals surface area (Å²) in [4.78, 5) is 18.2. The van der Waals surface area contributed by atoms with Gasteiger partial charge in [0.1, 0.15) is 17.2 Å². The zero-order chi connectivity index (χ0) is 16.7. The van der Waals surface area contributed by atoms with Crippen molar-refractivity contribution in [3.8, 4) is 5.00 Å². The number of H-pyrrole nitrogens is 1. The highest BCUT2D eigenvalue weighted by Crippen LogP contribution is 2.34. The fourth-order valence-corrected chi connectivity index (χ4v) is 3.72. The molecule has 1 aliphatic carbocycles. The molecule has 1 saturated carbocycles. The molecule has 3 heterocycles. The highest BCUT2D eigenvalue weighted by Gasteiger charge is 2.25. The largest absolute Gasteiger partial charge is 0.289 e. The van der Waals surface area contributed by atoms with E-state index < -0.39 is 0 Å². The minimum atomic E-state index is -0.262. The standard InChI is InChI=1S/C14H16N8OS/c1-7-8(2)24-13(22-6-15-20-21-22)10(7)12(23)17-14-16-11(18-19-14)9-4-3-5-9/h6,9H,3-5H2,1-2H3,(H2,16,17,18,19,23). The van der Waals surface area contributed by atoms with Crippen molar-refractivity contribution >= 4 is 23.2 Å². The average molecular weight is 344 g/mol. The zero-order valence-electron chi connectivity index (χ0n) is 13.3. The fraction of sp³-hybridized carbons (Fsp3) is 0.429. The van der Waals surface area contributed by atoms with Gasteiger partial charge in [-0.15, -0.1) is 21.5 Å². The first-order valence-corrected chi connectivity index (χ1v) is 8.52. The Morgan fingerprint density at radius 2 is 2.25 bits per heavy atom. The van der Waals surface area contributed by atoms with Gasteiger partial charge in [0.25, 0.3) is 5.91 Å². The van der Waals surface area contributed by atoms with Crippen molar-refractivity contribution in [2.75, 3.05) is 5.32 Å². The SMILES string of the molecule is Cc1sc(-n2cnnn2)c(C(=O)Nc2n[nH]c(C3CCC3)n2)c1C. The minimum absolute atomic E-state index is 0.262. The lowest BCUT2D eigenvalue weighted by Crippen LogP contribution is -2.16. The second-order valence-electron chi connectivity index (χ2n) is 5.84. The van der Waals surface area contributed by atoms with E-state index >= 15 is 0 Å². The lowest BCUT2D eigenvalue weighted by molar-refractivity contribution is 0.102. The van der Waals surface area contributed by atoms with Gasteiger partial charge in [0.15, 0.2) is 0 Å². The molecule has 9 nitrogen and oxygen atoms in total. The first-order chi connectivity index (χ1) is 11.6. The molecule has 124 valence electrons. The number of tetrazole rings is 1. The second kappa shape index (κ2) is 5.78. The van der Waals surface area contributed by atoms with Gasteiger partial charge in [-0.3, -0.25) is 15.2 Å². The first kappa shape index (κ1) is 14.9. The molecule has 3 aromatic rings. The number of rotatable bonds is 4. The van der Waals surface area contributed by atoms with Gasteiger partial charge in [-0.2, -0.15) is 9.67 Å². The lowest BCUT2D eigenvalue weighted by atomic mass is 9.85. The van der Waals surface area contributed by atoms with Crippen LogP contribution in [0.15, 0.2) is 6.33 Å². The Hall–Kier alpha value is -2.62. The number of hydrogen-bond acceptors (Lipinski definition) is 7. The molecule has 0 aromatic carbocycles. The monoisotopic (exact) mass is 344 g/mol. The third kappa shape index (κ3) is 2.48. The highest BCUT2D eigenvalue weighted by atomic mass is 32.1. The number of thiophene rings is 1. The number of nitrogens with one attached hydrogen (secondary N) is 2. The van der Waals surface area contributed by atoms with Crippen molar-refractivity contribution in [3.63, 3.8) is 0 Å². The van der Waals surface area contributed by atoms with E-state index in [0.29, 0.717) is 22.4 Å². The van der Waals surface area contributed by atoms with Gasteiger partial charge in [0.05, 0.1) is 5.56 Å². The normalized spacial score (nSPS) is 14.6. The van der Waals surface area contributed by atoms with Gasteiger partial charge >= 0.3 is 0 Å². The van der Waals surface area contributed by atoms with E-state index in [4.69, 9.17) is 0 Å². The maximum Gasteiger partial charge on any atom is 0.261 e. The van der Waals surface area contributed by atoms with Gasteiger partial charge in [-0.05, 0) is 42.7 Å². The van der Waals surface area contributed by atoms with Gasteiger partial charge in [-0.25, -0.2) is 0 Å². The number of aryl methyl sites for hydroxylation is 1. The highest BCUT2D eigenvalue weighted by molar-refractivity contribution is 7.15. The molecule has 1 fully saturated rings. The summed E-state index contributed by atoms with van der Waals surface area (Å²) >= 11 is 1.47. The summed E-state index contributed by atoms with van der Waals surface area (Å²) in [5, 5.41) is 21.6. The van der Waals surface area contributed by atoms with Gasteiger partial charge < -0.3 is 0 Å². The summed E-state index contributed by atoms with van der Waals surface area (Å²) in [7, 11) is 0. The van der Waals surface area contributed by atoms with Crippen LogP contribution in [0.4, 0.5) is 5.95 Å². The molecule has 0 aliphatic heterocycles. The Morgan fingerprint density at radius 1 is 1.42 bits per heavy atom. The third-order valence-corrected chi connectivity index (χ3v) is 5.57. The molecule has 0 radical (unpaired) electrons. The molecular formula is C14H16N8OS. The Balaban J connectivity index is 1.61. The third-order valence-electron chi connectivity index (χ3n) is 4.37. The summed E-state index contributed by atoms with van der Waals surface area (Å²) in [6.07, 6.45) is 4.93. The van der Waals surface area contributed by atoms with Gasteiger partial charge in [0.2, 0.25) is 5.95 Å². The molecule has 4 rings (SSSR count). The Labute approximate surface area is 141 Å². The van der Waals surface area contributed by atoms with Crippen LogP contribution in [0, 0.1) is 13.8 Å². The Kier molecular flexibility index (Phi) is 3.60. The van der Waals surface area contributed by atoms with Crippen LogP contribution < -0.4 is 5.32 Å². The molecule has 1 amide bonds. The molecule has 3 aromatic heterocycles. The molecule has 2 N–H and O–H groups in total. The van der Waals surface area contributed by atoms with Crippen molar-refractivity contribution in [3.05, 3.63) is 28.2 Å². The number of amides is 1. The molecule has 0 saturated heterocycles. The molecule has 0 spiro atoms. The van der Waals surface area contributed by atoms with Crippen LogP contribution >= 0.6 is 11.3 Å². The lowest BCUT2D eigenvalue weighted by Gasteiger charge is -2.22. The smallest absolute Gasteiger partial charge is 0.261 e. The fourth-order valence-electron chi connectivity index (χ4n) is 2.65. The Bertz CT molecular complexity index is 877. The number of carbonyl (C=O) groups is 1. The summed E-state index contributed by atoms with van der Waals surface area (Å²) < 4.78 is 1.50. The number of aromatic nitrogens is 7. The molecule has 24 heavy (non-hydrogen) atoms. The summed E-state index contributed by atoms with van der Waals surface area (Å²) in [5.41, 5.74) is 1.44. The molecule has 10 heteroatoms. The van der Waals surface area contributed by atoms with Crippen LogP contribution in [-0.4, -0.2) is 41.3 Å². The van der Waals surface area contributed by atoms with Crippen LogP contribution in [0.2, 0.25) is 0 Å². The zero-order valence-corrected chi connectivity index (χ0v) is 14.1. The molecule has 0 bridgehead atoms. The van der Waals surface area contributed by atoms with E-state index in [2.05, 4.69) is 36.0 Å². The van der Waals surface area contributed by atoms with Gasteiger partial charge in [0, 0.05) is 10.8 Å². The van der Waals surface area contributed by atoms with E-state index in [0.717, 1.165) is 29.1 Å². The molecule has 0 unspecified atom stereocenters. The number of anilines is 1. The number of carbonyl (C=O) groups excluding carboxylic acids is 1. The predicted molar refractivity (Wildman–Crippen MR) is 87.4 cm³/mol. The van der Waals surface area contributed by atoms with E-state index in [1.807, 2.05) is 13.8 Å². The van der Waals surface area contributed by atoms with Crippen molar-refractivity contribution in [1.29, 1.82) is 0 Å². The first-order valence-electron chi connectivity index (χ1n) is 7.70. The second-order valence-corrected chi connectivity index (χ2v) is 7.05. The van der Waals surface area contributed by atoms with Crippen LogP contribution in [0.3, 0.4) is 0 Å². The Morgan fingerprint density at radius 3 is 2.92 bits per heavy atom. The van der Waals surface area contributed by atoms with E-state index in [1.165, 1.54) is 28.8 Å². The minimum Gasteiger partial charge on any atom is -0.289 e. The summed E-state index contributed by atoms with van der Waals surface area (Å²) in [6.45, 7) is 3.87. The molecular weight excluding hydrogens is 328 g/mol. The summed E-state index contributed by atoms with van der Waals surface area (Å²) in [6, 6.07) is 0. The van der Waals surface area contributed by atoms with Crippen molar-refractivity contribution in [2.24, 2.45) is 0 Å². The van der Waals surface area contributed by atoms with E-state index in [-0.39, 0.29) is 5.91 Å². The van der Waals surface area contributed by atoms with Crippen molar-refractivity contribution in [2.45, 2.75) is 39.0 Å². The van der Waals surface area contributed by atoms with E-state index in [9.17, 15) is 4.79 Å². The van der Waals surface area contributed by atoms with Crippen molar-refractivity contribution < 1.29 is 4.79 Å².